The highest BCUT2D eigenvalue weighted by atomic mass is 35.5. The summed E-state index contributed by atoms with van der Waals surface area (Å²) in [6, 6.07) is 7.35. The number of morpholine rings is 1. The van der Waals surface area contributed by atoms with Crippen LogP contribution in [0.4, 0.5) is 4.79 Å². The van der Waals surface area contributed by atoms with Crippen LogP contribution < -0.4 is 10.1 Å². The molecule has 2 aliphatic rings. The Kier molecular flexibility index (Phi) is 5.28. The molecule has 23 heavy (non-hydrogen) atoms. The van der Waals surface area contributed by atoms with Crippen molar-refractivity contribution in [3.05, 3.63) is 29.3 Å². The van der Waals surface area contributed by atoms with Crippen LogP contribution in [0.1, 0.15) is 26.2 Å². The third kappa shape index (κ3) is 4.09. The van der Waals surface area contributed by atoms with E-state index in [2.05, 4.69) is 5.32 Å². The second kappa shape index (κ2) is 7.41. The summed E-state index contributed by atoms with van der Waals surface area (Å²) in [4.78, 5) is 14.2. The Morgan fingerprint density at radius 2 is 2.09 bits per heavy atom. The molecule has 2 bridgehead atoms. The largest absolute Gasteiger partial charge is 0.487 e. The SMILES string of the molecule is CCC(CNC(=O)N1CC2CCC(C1)O2)Oc1ccccc1Cl. The van der Waals surface area contributed by atoms with Crippen LogP contribution >= 0.6 is 11.6 Å². The summed E-state index contributed by atoms with van der Waals surface area (Å²) in [5, 5.41) is 3.56. The fourth-order valence-electron chi connectivity index (χ4n) is 3.08. The molecular formula is C17H23ClN2O3. The van der Waals surface area contributed by atoms with Gasteiger partial charge in [-0.2, -0.15) is 0 Å². The number of carbonyl (C=O) groups is 1. The van der Waals surface area contributed by atoms with Crippen molar-refractivity contribution in [3.63, 3.8) is 0 Å². The molecule has 0 saturated carbocycles. The number of nitrogens with one attached hydrogen (secondary N) is 1. The summed E-state index contributed by atoms with van der Waals surface area (Å²) in [6.07, 6.45) is 3.22. The number of hydrogen-bond acceptors (Lipinski definition) is 3. The Hall–Kier alpha value is -1.46. The molecule has 2 saturated heterocycles. The molecule has 3 unspecified atom stereocenters. The monoisotopic (exact) mass is 338 g/mol. The van der Waals surface area contributed by atoms with E-state index in [0.29, 0.717) is 30.4 Å². The number of fused-ring (bicyclic) bond motifs is 2. The maximum Gasteiger partial charge on any atom is 0.317 e. The van der Waals surface area contributed by atoms with Gasteiger partial charge in [0.2, 0.25) is 0 Å². The lowest BCUT2D eigenvalue weighted by molar-refractivity contribution is -0.0240. The molecule has 1 aromatic carbocycles. The lowest BCUT2D eigenvalue weighted by Crippen LogP contribution is -2.51. The zero-order valence-corrected chi connectivity index (χ0v) is 14.1. The molecule has 126 valence electrons. The first kappa shape index (κ1) is 16.4. The average Bonchev–Trinajstić information content (AvgIpc) is 2.90. The van der Waals surface area contributed by atoms with Gasteiger partial charge in [0.05, 0.1) is 23.8 Å². The lowest BCUT2D eigenvalue weighted by Gasteiger charge is -2.32. The molecule has 0 aliphatic carbocycles. The number of urea groups is 1. The van der Waals surface area contributed by atoms with Gasteiger partial charge in [0.15, 0.2) is 0 Å². The van der Waals surface area contributed by atoms with E-state index < -0.39 is 0 Å². The lowest BCUT2D eigenvalue weighted by atomic mass is 10.2. The normalized spacial score (nSPS) is 24.3. The number of rotatable bonds is 5. The van der Waals surface area contributed by atoms with E-state index in [1.807, 2.05) is 30.0 Å². The highest BCUT2D eigenvalue weighted by Crippen LogP contribution is 2.26. The van der Waals surface area contributed by atoms with Crippen LogP contribution in [0.25, 0.3) is 0 Å². The van der Waals surface area contributed by atoms with Crippen LogP contribution in [0.5, 0.6) is 5.75 Å². The van der Waals surface area contributed by atoms with Gasteiger partial charge in [0.1, 0.15) is 11.9 Å². The summed E-state index contributed by atoms with van der Waals surface area (Å²) < 4.78 is 11.7. The van der Waals surface area contributed by atoms with Gasteiger partial charge < -0.3 is 19.7 Å². The van der Waals surface area contributed by atoms with E-state index in [-0.39, 0.29) is 24.3 Å². The highest BCUT2D eigenvalue weighted by molar-refractivity contribution is 6.32. The summed E-state index contributed by atoms with van der Waals surface area (Å²) in [5.41, 5.74) is 0. The van der Waals surface area contributed by atoms with Crippen molar-refractivity contribution in [2.24, 2.45) is 0 Å². The van der Waals surface area contributed by atoms with E-state index in [4.69, 9.17) is 21.1 Å². The minimum absolute atomic E-state index is 0.0357. The van der Waals surface area contributed by atoms with Crippen LogP contribution in [-0.2, 0) is 4.74 Å². The number of likely N-dealkylation sites (tertiary alicyclic amines) is 1. The minimum atomic E-state index is -0.100. The molecule has 2 amide bonds. The first-order chi connectivity index (χ1) is 11.2. The number of amides is 2. The molecule has 1 N–H and O–H groups in total. The topological polar surface area (TPSA) is 50.8 Å². The Morgan fingerprint density at radius 1 is 1.39 bits per heavy atom. The Bertz CT molecular complexity index is 542. The smallest absolute Gasteiger partial charge is 0.317 e. The third-order valence-corrected chi connectivity index (χ3v) is 4.71. The van der Waals surface area contributed by atoms with E-state index in [1.54, 1.807) is 6.07 Å². The molecule has 5 nitrogen and oxygen atoms in total. The molecule has 3 rings (SSSR count). The van der Waals surface area contributed by atoms with E-state index in [9.17, 15) is 4.79 Å². The van der Waals surface area contributed by atoms with Crippen LogP contribution in [-0.4, -0.2) is 48.9 Å². The number of carbonyl (C=O) groups excluding carboxylic acids is 1. The fourth-order valence-corrected chi connectivity index (χ4v) is 3.26. The number of halogens is 1. The highest BCUT2D eigenvalue weighted by Gasteiger charge is 2.35. The predicted octanol–water partition coefficient (Wildman–Crippen LogP) is 3.07. The van der Waals surface area contributed by atoms with Crippen LogP contribution in [0, 0.1) is 0 Å². The van der Waals surface area contributed by atoms with Crippen molar-refractivity contribution in [1.82, 2.24) is 10.2 Å². The standard InChI is InChI=1S/C17H23ClN2O3/c1-2-12(23-16-6-4-3-5-15(16)18)9-19-17(21)20-10-13-7-8-14(11-20)22-13/h3-6,12-14H,2,7-11H2,1H3,(H,19,21). The summed E-state index contributed by atoms with van der Waals surface area (Å²) >= 11 is 6.11. The number of hydrogen-bond donors (Lipinski definition) is 1. The first-order valence-electron chi connectivity index (χ1n) is 8.25. The number of benzene rings is 1. The van der Waals surface area contributed by atoms with Gasteiger partial charge in [0, 0.05) is 13.1 Å². The van der Waals surface area contributed by atoms with Crippen molar-refractivity contribution >= 4 is 17.6 Å². The van der Waals surface area contributed by atoms with Gasteiger partial charge in [-0.05, 0) is 31.4 Å². The molecule has 6 heteroatoms. The molecule has 2 fully saturated rings. The maximum absolute atomic E-state index is 12.3. The van der Waals surface area contributed by atoms with Crippen molar-refractivity contribution in [1.29, 1.82) is 0 Å². The zero-order chi connectivity index (χ0) is 16.2. The third-order valence-electron chi connectivity index (χ3n) is 4.40. The van der Waals surface area contributed by atoms with Crippen molar-refractivity contribution < 1.29 is 14.3 Å². The van der Waals surface area contributed by atoms with Gasteiger partial charge >= 0.3 is 6.03 Å². The van der Waals surface area contributed by atoms with Gasteiger partial charge in [-0.3, -0.25) is 0 Å². The van der Waals surface area contributed by atoms with Crippen molar-refractivity contribution in [3.8, 4) is 5.75 Å². The van der Waals surface area contributed by atoms with Crippen LogP contribution in [0.3, 0.4) is 0 Å². The molecule has 0 spiro atoms. The Morgan fingerprint density at radius 3 is 2.74 bits per heavy atom. The second-order valence-corrected chi connectivity index (χ2v) is 6.53. The Labute approximate surface area is 141 Å². The Balaban J connectivity index is 1.49. The second-order valence-electron chi connectivity index (χ2n) is 6.13. The molecule has 2 aliphatic heterocycles. The summed E-state index contributed by atoms with van der Waals surface area (Å²) in [5.74, 6) is 0.652. The molecule has 3 atom stereocenters. The predicted molar refractivity (Wildman–Crippen MR) is 89.0 cm³/mol. The zero-order valence-electron chi connectivity index (χ0n) is 13.3. The molecule has 1 aromatic rings. The van der Waals surface area contributed by atoms with Gasteiger partial charge in [-0.15, -0.1) is 0 Å². The average molecular weight is 339 g/mol. The number of nitrogens with zero attached hydrogens (tertiary/aromatic N) is 1. The van der Waals surface area contributed by atoms with Gasteiger partial charge in [-0.1, -0.05) is 30.7 Å². The molecule has 0 radical (unpaired) electrons. The maximum atomic E-state index is 12.3. The van der Waals surface area contributed by atoms with E-state index in [0.717, 1.165) is 19.3 Å². The molecule has 0 aromatic heterocycles. The van der Waals surface area contributed by atoms with Gasteiger partial charge in [-0.25, -0.2) is 4.79 Å². The van der Waals surface area contributed by atoms with E-state index >= 15 is 0 Å². The van der Waals surface area contributed by atoms with E-state index in [1.165, 1.54) is 0 Å². The fraction of sp³-hybridized carbons (Fsp3) is 0.588. The quantitative estimate of drug-likeness (QED) is 0.897. The number of ether oxygens (including phenoxy) is 2. The molecule has 2 heterocycles. The summed E-state index contributed by atoms with van der Waals surface area (Å²) in [6.45, 7) is 3.87. The number of para-hydroxylation sites is 1. The van der Waals surface area contributed by atoms with Crippen molar-refractivity contribution in [2.45, 2.75) is 44.5 Å². The first-order valence-corrected chi connectivity index (χ1v) is 8.63. The van der Waals surface area contributed by atoms with Crippen LogP contribution in [0.15, 0.2) is 24.3 Å². The van der Waals surface area contributed by atoms with Crippen LogP contribution in [0.2, 0.25) is 5.02 Å². The summed E-state index contributed by atoms with van der Waals surface area (Å²) in [7, 11) is 0. The van der Waals surface area contributed by atoms with Crippen molar-refractivity contribution in [2.75, 3.05) is 19.6 Å². The molecular weight excluding hydrogens is 316 g/mol. The van der Waals surface area contributed by atoms with Gasteiger partial charge in [0.25, 0.3) is 0 Å². The minimum Gasteiger partial charge on any atom is -0.487 e.